The summed E-state index contributed by atoms with van der Waals surface area (Å²) in [4.78, 5) is 64.6. The predicted octanol–water partition coefficient (Wildman–Crippen LogP) is 2.12. The molecule has 0 aromatic carbocycles. The summed E-state index contributed by atoms with van der Waals surface area (Å²) in [5, 5.41) is 11.0. The minimum absolute atomic E-state index is 0.00937. The second-order valence-corrected chi connectivity index (χ2v) is 14.0. The number of ether oxygens (including phenoxy) is 7. The number of carbonyl (C=O) groups is 5. The molecule has 14 heteroatoms. The third-order valence-corrected chi connectivity index (χ3v) is 10.7. The average Bonchev–Trinajstić information content (AvgIpc) is 3.65. The zero-order chi connectivity index (χ0) is 33.4. The molecule has 0 amide bonds. The molecule has 5 rings (SSSR count). The Hall–Kier alpha value is -2.74. The van der Waals surface area contributed by atoms with Crippen molar-refractivity contribution in [2.75, 3.05) is 6.61 Å². The lowest BCUT2D eigenvalue weighted by Crippen LogP contribution is -2.78. The summed E-state index contributed by atoms with van der Waals surface area (Å²) < 4.78 is 42.4. The van der Waals surface area contributed by atoms with Gasteiger partial charge in [-0.15, -0.1) is 11.6 Å². The van der Waals surface area contributed by atoms with Gasteiger partial charge in [-0.2, -0.15) is 0 Å². The summed E-state index contributed by atoms with van der Waals surface area (Å²) in [6, 6.07) is 0. The van der Waals surface area contributed by atoms with Crippen LogP contribution in [-0.4, -0.2) is 94.4 Å². The molecule has 1 saturated carbocycles. The summed E-state index contributed by atoms with van der Waals surface area (Å²) in [5.41, 5.74) is -4.88. The second-order valence-electron chi connectivity index (χ2n) is 13.6. The first-order valence-corrected chi connectivity index (χ1v) is 15.6. The monoisotopic (exact) mass is 656 g/mol. The summed E-state index contributed by atoms with van der Waals surface area (Å²) in [6.45, 7) is 14.4. The Morgan fingerprint density at radius 3 is 2.13 bits per heavy atom. The number of rotatable bonds is 6. The molecular formula is C31H41ClO13. The molecule has 0 unspecified atom stereocenters. The van der Waals surface area contributed by atoms with Crippen molar-refractivity contribution in [1.82, 2.24) is 0 Å². The maximum absolute atomic E-state index is 13.3. The highest BCUT2D eigenvalue weighted by Crippen LogP contribution is 2.66. The van der Waals surface area contributed by atoms with Crippen LogP contribution >= 0.6 is 11.6 Å². The van der Waals surface area contributed by atoms with Crippen molar-refractivity contribution in [3.63, 3.8) is 0 Å². The van der Waals surface area contributed by atoms with E-state index in [1.54, 1.807) is 6.92 Å². The van der Waals surface area contributed by atoms with Gasteiger partial charge in [-0.3, -0.25) is 24.0 Å². The van der Waals surface area contributed by atoms with Gasteiger partial charge >= 0.3 is 29.8 Å². The Morgan fingerprint density at radius 1 is 1.02 bits per heavy atom. The third-order valence-electron chi connectivity index (χ3n) is 10.2. The molecule has 5 aliphatic rings. The third kappa shape index (κ3) is 5.14. The topological polar surface area (TPSA) is 173 Å². The summed E-state index contributed by atoms with van der Waals surface area (Å²) >= 11 is 6.87. The quantitative estimate of drug-likeness (QED) is 0.145. The summed E-state index contributed by atoms with van der Waals surface area (Å²) in [5.74, 6) is -8.08. The fourth-order valence-corrected chi connectivity index (χ4v) is 8.52. The Balaban J connectivity index is 1.81. The van der Waals surface area contributed by atoms with Crippen LogP contribution in [0, 0.1) is 23.2 Å². The summed E-state index contributed by atoms with van der Waals surface area (Å²) in [6.07, 6.45) is -6.67. The van der Waals surface area contributed by atoms with Gasteiger partial charge in [0.15, 0.2) is 17.5 Å². The van der Waals surface area contributed by atoms with Crippen molar-refractivity contribution in [2.24, 2.45) is 23.2 Å². The van der Waals surface area contributed by atoms with E-state index in [1.165, 1.54) is 20.8 Å². The second kappa shape index (κ2) is 11.2. The van der Waals surface area contributed by atoms with Crippen LogP contribution in [0.25, 0.3) is 0 Å². The number of epoxide rings is 1. The minimum atomic E-state index is -2.32. The molecule has 1 N–H and O–H groups in total. The van der Waals surface area contributed by atoms with Gasteiger partial charge in [0, 0.05) is 51.5 Å². The molecule has 4 heterocycles. The molecule has 2 spiro atoms. The Kier molecular flexibility index (Phi) is 8.37. The van der Waals surface area contributed by atoms with Gasteiger partial charge in [0.2, 0.25) is 0 Å². The first-order valence-electron chi connectivity index (χ1n) is 15.1. The molecule has 1 aliphatic carbocycles. The maximum atomic E-state index is 13.3. The average molecular weight is 657 g/mol. The fourth-order valence-electron chi connectivity index (χ4n) is 8.10. The van der Waals surface area contributed by atoms with E-state index in [0.717, 1.165) is 6.92 Å². The zero-order valence-electron chi connectivity index (χ0n) is 26.5. The SMILES string of the molecule is C=C1[C@H](Cl)[C@@H]2OC(=O)[C@H](C)[C@]23O[C@]1(O)C[C@H](OC(C)=O)[C@@]1(C)[C@@H](OC(C)=O)C[C@@H](OC(=O)CC(C)C)[C@]2(CO2)[C@@H]1[C@@H]3OC(C)=O. The number of esters is 5. The van der Waals surface area contributed by atoms with Crippen molar-refractivity contribution in [1.29, 1.82) is 0 Å². The number of aliphatic hydroxyl groups is 1. The number of alkyl halides is 1. The zero-order valence-corrected chi connectivity index (χ0v) is 27.2. The van der Waals surface area contributed by atoms with Gasteiger partial charge in [0.25, 0.3) is 0 Å². The van der Waals surface area contributed by atoms with Gasteiger partial charge in [0.1, 0.15) is 30.0 Å². The van der Waals surface area contributed by atoms with Gasteiger partial charge in [-0.05, 0) is 12.8 Å². The highest BCUT2D eigenvalue weighted by atomic mass is 35.5. The molecule has 0 aromatic rings. The maximum Gasteiger partial charge on any atom is 0.312 e. The smallest absolute Gasteiger partial charge is 0.312 e. The van der Waals surface area contributed by atoms with Crippen molar-refractivity contribution in [3.8, 4) is 0 Å². The van der Waals surface area contributed by atoms with Crippen molar-refractivity contribution in [2.45, 2.75) is 121 Å². The van der Waals surface area contributed by atoms with E-state index < -0.39 is 106 Å². The van der Waals surface area contributed by atoms with E-state index in [0.29, 0.717) is 0 Å². The lowest BCUT2D eigenvalue weighted by molar-refractivity contribution is -0.356. The van der Waals surface area contributed by atoms with Gasteiger partial charge in [-0.1, -0.05) is 27.4 Å². The van der Waals surface area contributed by atoms with Crippen LogP contribution < -0.4 is 0 Å². The van der Waals surface area contributed by atoms with Crippen LogP contribution in [0.2, 0.25) is 0 Å². The number of carbonyl (C=O) groups excluding carboxylic acids is 5. The lowest BCUT2D eigenvalue weighted by atomic mass is 9.50. The molecule has 45 heavy (non-hydrogen) atoms. The molecule has 2 bridgehead atoms. The van der Waals surface area contributed by atoms with E-state index in [9.17, 15) is 29.1 Å². The largest absolute Gasteiger partial charge is 0.462 e. The van der Waals surface area contributed by atoms with Crippen molar-refractivity contribution >= 4 is 41.4 Å². The van der Waals surface area contributed by atoms with Crippen LogP contribution in [0.15, 0.2) is 12.2 Å². The highest BCUT2D eigenvalue weighted by molar-refractivity contribution is 6.23. The molecule has 4 saturated heterocycles. The van der Waals surface area contributed by atoms with E-state index in [1.807, 2.05) is 13.8 Å². The molecular weight excluding hydrogens is 616 g/mol. The summed E-state index contributed by atoms with van der Waals surface area (Å²) in [7, 11) is 0. The molecule has 5 fully saturated rings. The normalized spacial score (nSPS) is 44.9. The molecule has 4 aliphatic heterocycles. The van der Waals surface area contributed by atoms with Crippen LogP contribution in [0.3, 0.4) is 0 Å². The highest BCUT2D eigenvalue weighted by Gasteiger charge is 2.82. The number of hydrogen-bond acceptors (Lipinski definition) is 13. The molecule has 13 nitrogen and oxygen atoms in total. The standard InChI is InChI=1S/C31H41ClO13/c1-13(2)9-22(36)43-20-10-19(40-16(5)33)28(8)21(41-17(6)34)11-30(38)14(3)23(32)25-31(45-30,15(4)27(37)44-25)26(42-18(7)35)24(28)29(20)12-39-29/h13,15,19-21,23-26,38H,3,9-12H2,1-2,4-8H3/t15-,19-,20+,21-,23-,24+,25-,26-,28+,29+,30+,31-/m0/s1. The fraction of sp³-hybridized carbons (Fsp3) is 0.774. The number of fused-ring (bicyclic) bond motifs is 3. The molecule has 250 valence electrons. The number of hydrogen-bond donors (Lipinski definition) is 1. The van der Waals surface area contributed by atoms with Crippen LogP contribution in [-0.2, 0) is 57.1 Å². The number of halogens is 1. The van der Waals surface area contributed by atoms with Crippen molar-refractivity contribution in [3.05, 3.63) is 12.2 Å². The first-order chi connectivity index (χ1) is 20.8. The van der Waals surface area contributed by atoms with Crippen LogP contribution in [0.5, 0.6) is 0 Å². The Labute approximate surface area is 266 Å². The van der Waals surface area contributed by atoms with Crippen LogP contribution in [0.1, 0.15) is 67.7 Å². The van der Waals surface area contributed by atoms with Crippen LogP contribution in [0.4, 0.5) is 0 Å². The van der Waals surface area contributed by atoms with E-state index >= 15 is 0 Å². The molecule has 0 aromatic heterocycles. The Morgan fingerprint density at radius 2 is 1.60 bits per heavy atom. The van der Waals surface area contributed by atoms with Gasteiger partial charge in [0.05, 0.1) is 23.3 Å². The van der Waals surface area contributed by atoms with Gasteiger partial charge < -0.3 is 38.3 Å². The van der Waals surface area contributed by atoms with E-state index in [-0.39, 0.29) is 30.9 Å². The lowest BCUT2D eigenvalue weighted by Gasteiger charge is -2.63. The van der Waals surface area contributed by atoms with E-state index in [2.05, 4.69) is 6.58 Å². The predicted molar refractivity (Wildman–Crippen MR) is 152 cm³/mol. The Bertz CT molecular complexity index is 1310. The first kappa shape index (κ1) is 33.6. The van der Waals surface area contributed by atoms with Gasteiger partial charge in [-0.25, -0.2) is 0 Å². The molecule has 12 atom stereocenters. The molecule has 0 radical (unpaired) electrons. The minimum Gasteiger partial charge on any atom is -0.462 e. The van der Waals surface area contributed by atoms with E-state index in [4.69, 9.17) is 44.8 Å². The van der Waals surface area contributed by atoms with Crippen molar-refractivity contribution < 1.29 is 62.2 Å².